The molecule has 5 atom stereocenters. The van der Waals surface area contributed by atoms with Crippen molar-refractivity contribution in [3.05, 3.63) is 107 Å². The van der Waals surface area contributed by atoms with Gasteiger partial charge in [-0.3, -0.25) is 9.59 Å². The molecular weight excluding hydrogens is 849 g/mol. The topological polar surface area (TPSA) is 222 Å². The van der Waals surface area contributed by atoms with Crippen molar-refractivity contribution in [3.8, 4) is 34.4 Å². The van der Waals surface area contributed by atoms with E-state index in [0.29, 0.717) is 37.6 Å². The molecule has 4 heterocycles. The molecule has 0 unspecified atom stereocenters. The number of nitriles is 2. The molecule has 0 saturated carbocycles. The predicted molar refractivity (Wildman–Crippen MR) is 249 cm³/mol. The Balaban J connectivity index is 0.956. The Kier molecular flexibility index (Phi) is 12.6. The summed E-state index contributed by atoms with van der Waals surface area (Å²) >= 11 is 0. The maximum atomic E-state index is 13.6. The zero-order valence-electron chi connectivity index (χ0n) is 37.7. The molecule has 2 aliphatic heterocycles. The zero-order valence-corrected chi connectivity index (χ0v) is 37.7. The van der Waals surface area contributed by atoms with Gasteiger partial charge in [0.05, 0.1) is 73.4 Å². The van der Waals surface area contributed by atoms with Gasteiger partial charge < -0.3 is 39.9 Å². The number of ether oxygens (including phenoxy) is 2. The van der Waals surface area contributed by atoms with Gasteiger partial charge in [-0.1, -0.05) is 55.5 Å². The summed E-state index contributed by atoms with van der Waals surface area (Å²) in [5, 5.41) is 23.8. The van der Waals surface area contributed by atoms with Crippen LogP contribution in [0.3, 0.4) is 0 Å². The second kappa shape index (κ2) is 19.0. The summed E-state index contributed by atoms with van der Waals surface area (Å²) in [6, 6.07) is 27.6. The lowest BCUT2D eigenvalue weighted by molar-refractivity contribution is -0.135. The fourth-order valence-corrected chi connectivity index (χ4v) is 10.1. The molecule has 2 aromatic heterocycles. The lowest BCUT2D eigenvalue weighted by atomic mass is 9.84. The van der Waals surface area contributed by atoms with E-state index in [2.05, 4.69) is 88.2 Å². The number of hydrogen-bond donors (Lipinski definition) is 4. The summed E-state index contributed by atoms with van der Waals surface area (Å²) in [6.07, 6.45) is 3.54. The fourth-order valence-electron chi connectivity index (χ4n) is 10.1. The first-order chi connectivity index (χ1) is 32.5. The van der Waals surface area contributed by atoms with E-state index in [4.69, 9.17) is 19.4 Å². The van der Waals surface area contributed by atoms with E-state index >= 15 is 0 Å². The van der Waals surface area contributed by atoms with Gasteiger partial charge in [0.15, 0.2) is 0 Å². The van der Waals surface area contributed by atoms with Crippen LogP contribution in [0.5, 0.6) is 0 Å². The Bertz CT molecular complexity index is 2980. The summed E-state index contributed by atoms with van der Waals surface area (Å²) < 4.78 is 9.41. The molecule has 16 nitrogen and oxygen atoms in total. The van der Waals surface area contributed by atoms with Gasteiger partial charge >= 0.3 is 12.2 Å². The number of benzene rings is 4. The molecule has 4 bridgehead atoms. The number of imidazole rings is 2. The van der Waals surface area contributed by atoms with Crippen LogP contribution in [0.2, 0.25) is 0 Å². The summed E-state index contributed by atoms with van der Waals surface area (Å²) in [4.78, 5) is 71.6. The molecule has 4 N–H and O–H groups in total. The van der Waals surface area contributed by atoms with Crippen molar-refractivity contribution in [1.82, 2.24) is 40.4 Å². The van der Waals surface area contributed by atoms with Crippen molar-refractivity contribution in [2.45, 2.75) is 94.8 Å². The summed E-state index contributed by atoms with van der Waals surface area (Å²) in [5.74, 6) is 0.862. The Morgan fingerprint density at radius 3 is 1.75 bits per heavy atom. The van der Waals surface area contributed by atoms with E-state index in [1.165, 1.54) is 47.6 Å². The molecule has 4 aliphatic carbocycles. The SMILES string of the molecule is COC(=O)N[C@@H](CC#N)C(=O)N1CCC[C@H]1c1nc2cc(-c3cc4ccc3CCc3ccc(c(-c5ccc6[nH]c([C@@H]7CCCN7C(=O)[C@H](CC#N)NC(=O)OC)nc6c5)c3)C[C@H]4C)ccc2[nH]1. The van der Waals surface area contributed by atoms with Crippen molar-refractivity contribution in [1.29, 1.82) is 10.5 Å². The highest BCUT2D eigenvalue weighted by Crippen LogP contribution is 2.39. The molecule has 12 rings (SSSR count). The molecule has 6 aromatic rings. The minimum absolute atomic E-state index is 0.169. The largest absolute Gasteiger partial charge is 0.453 e. The Morgan fingerprint density at radius 1 is 0.701 bits per heavy atom. The number of hydrogen-bond acceptors (Lipinski definition) is 10. The molecule has 2 fully saturated rings. The molecule has 342 valence electrons. The maximum absolute atomic E-state index is 13.6. The average Bonchev–Trinajstić information content (AvgIpc) is 4.18. The minimum Gasteiger partial charge on any atom is -0.453 e. The van der Waals surface area contributed by atoms with E-state index in [-0.39, 0.29) is 42.7 Å². The molecule has 16 heteroatoms. The van der Waals surface area contributed by atoms with E-state index in [9.17, 15) is 29.7 Å². The number of nitrogens with zero attached hydrogens (tertiary/aromatic N) is 6. The first-order valence-electron chi connectivity index (χ1n) is 22.8. The van der Waals surface area contributed by atoms with E-state index in [1.54, 1.807) is 9.80 Å². The lowest BCUT2D eigenvalue weighted by Crippen LogP contribution is -2.48. The molecule has 67 heavy (non-hydrogen) atoms. The number of H-pyrrole nitrogens is 2. The second-order valence-corrected chi connectivity index (χ2v) is 17.7. The van der Waals surface area contributed by atoms with Crippen LogP contribution in [0.4, 0.5) is 9.59 Å². The van der Waals surface area contributed by atoms with Crippen LogP contribution in [0.25, 0.3) is 44.3 Å². The molecule has 0 radical (unpaired) electrons. The van der Waals surface area contributed by atoms with Crippen LogP contribution < -0.4 is 10.6 Å². The Labute approximate surface area is 387 Å². The normalized spacial score (nSPS) is 18.7. The van der Waals surface area contributed by atoms with E-state index in [0.717, 1.165) is 65.3 Å². The highest BCUT2D eigenvalue weighted by molar-refractivity contribution is 5.89. The standard InChI is InChI=1S/C51H52N10O6/c1-29-24-33-11-9-30(25-36(33)34-14-16-38-42(27-34)56-46(54-38)44-6-4-22-60(44)48(62)40(18-20-52)58-50(64)66-2)8-10-31-12-13-32(29)26-37(31)35-15-17-39-43(28-35)57-47(55-39)45-7-5-23-61(45)49(63)41(19-21-53)59-51(65)67-3/h9,11-17,25-29,40-41,44-45H,4-8,10,18-19,22-24H2,1-3H3,(H,54,56)(H,55,57)(H,58,64)(H,59,65)/t29-,40+,41+,44+,45+/m1/s1. The van der Waals surface area contributed by atoms with Gasteiger partial charge in [-0.2, -0.15) is 10.5 Å². The number of fused-ring (bicyclic) bond motifs is 2. The number of carbonyl (C=O) groups excluding carboxylic acids is 4. The first kappa shape index (κ1) is 44.5. The number of likely N-dealkylation sites (tertiary alicyclic amines) is 2. The maximum Gasteiger partial charge on any atom is 0.407 e. The van der Waals surface area contributed by atoms with Crippen LogP contribution in [-0.2, 0) is 38.3 Å². The smallest absolute Gasteiger partial charge is 0.407 e. The molecule has 2 saturated heterocycles. The molecule has 4 amide bonds. The predicted octanol–water partition coefficient (Wildman–Crippen LogP) is 7.82. The van der Waals surface area contributed by atoms with Crippen LogP contribution in [0.15, 0.2) is 72.8 Å². The number of aromatic nitrogens is 4. The van der Waals surface area contributed by atoms with Crippen molar-refractivity contribution in [3.63, 3.8) is 0 Å². The van der Waals surface area contributed by atoms with E-state index in [1.807, 2.05) is 24.3 Å². The molecule has 6 aliphatic rings. The number of alkyl carbamates (subject to hydrolysis) is 2. The number of amides is 4. The Hall–Kier alpha value is -7.72. The number of nitrogens with one attached hydrogen (secondary N) is 4. The monoisotopic (exact) mass is 900 g/mol. The second-order valence-electron chi connectivity index (χ2n) is 17.7. The van der Waals surface area contributed by atoms with Crippen molar-refractivity contribution in [2.75, 3.05) is 27.3 Å². The van der Waals surface area contributed by atoms with Gasteiger partial charge in [-0.05, 0) is 120 Å². The van der Waals surface area contributed by atoms with Gasteiger partial charge in [-0.15, -0.1) is 0 Å². The van der Waals surface area contributed by atoms with Crippen LogP contribution in [-0.4, -0.2) is 93.1 Å². The number of aryl methyl sites for hydroxylation is 2. The van der Waals surface area contributed by atoms with Crippen molar-refractivity contribution < 1.29 is 28.7 Å². The lowest BCUT2D eigenvalue weighted by Gasteiger charge is -2.27. The van der Waals surface area contributed by atoms with Gasteiger partial charge in [0, 0.05) is 13.1 Å². The first-order valence-corrected chi connectivity index (χ1v) is 22.8. The number of carbonyl (C=O) groups is 4. The number of rotatable bonds is 10. The van der Waals surface area contributed by atoms with Crippen molar-refractivity contribution >= 4 is 46.1 Å². The summed E-state index contributed by atoms with van der Waals surface area (Å²) in [7, 11) is 2.45. The number of aromatic amines is 2. The molecule has 4 aromatic carbocycles. The van der Waals surface area contributed by atoms with Gasteiger partial charge in [0.2, 0.25) is 11.8 Å². The third-order valence-electron chi connectivity index (χ3n) is 13.6. The highest BCUT2D eigenvalue weighted by Gasteiger charge is 2.38. The average molecular weight is 901 g/mol. The van der Waals surface area contributed by atoms with Crippen molar-refractivity contribution in [2.24, 2.45) is 0 Å². The van der Waals surface area contributed by atoms with Gasteiger partial charge in [-0.25, -0.2) is 19.6 Å². The highest BCUT2D eigenvalue weighted by atomic mass is 16.5. The van der Waals surface area contributed by atoms with Crippen LogP contribution in [0, 0.1) is 22.7 Å². The third-order valence-corrected chi connectivity index (χ3v) is 13.6. The van der Waals surface area contributed by atoms with Gasteiger partial charge in [0.25, 0.3) is 0 Å². The quantitative estimate of drug-likeness (QED) is 0.104. The third kappa shape index (κ3) is 8.99. The Morgan fingerprint density at radius 2 is 1.22 bits per heavy atom. The zero-order chi connectivity index (χ0) is 46.8. The fraction of sp³-hybridized carbons (Fsp3) is 0.373. The van der Waals surface area contributed by atoms with Crippen LogP contribution in [0.1, 0.15) is 97.4 Å². The minimum atomic E-state index is -1.02. The number of methoxy groups -OCH3 is 2. The molecular formula is C51H52N10O6. The van der Waals surface area contributed by atoms with Crippen LogP contribution >= 0.6 is 0 Å². The summed E-state index contributed by atoms with van der Waals surface area (Å²) in [6.45, 7) is 3.25. The summed E-state index contributed by atoms with van der Waals surface area (Å²) in [5.41, 5.74) is 12.7. The molecule has 0 spiro atoms. The van der Waals surface area contributed by atoms with Gasteiger partial charge in [0.1, 0.15) is 23.7 Å². The van der Waals surface area contributed by atoms with E-state index < -0.39 is 24.3 Å².